The first-order valence-electron chi connectivity index (χ1n) is 18.2. The Morgan fingerprint density at radius 2 is 1.46 bits per heavy atom. The van der Waals surface area contributed by atoms with Gasteiger partial charge in [-0.1, -0.05) is 78.2 Å². The first-order valence-corrected chi connectivity index (χ1v) is 15.7. The van der Waals surface area contributed by atoms with E-state index in [0.29, 0.717) is 34.1 Å². The van der Waals surface area contributed by atoms with Gasteiger partial charge in [0.1, 0.15) is 11.6 Å². The van der Waals surface area contributed by atoms with Crippen LogP contribution in [-0.4, -0.2) is 9.55 Å². The second-order valence-electron chi connectivity index (χ2n) is 11.6. The average Bonchev–Trinajstić information content (AvgIpc) is 3.72. The van der Waals surface area contributed by atoms with E-state index in [4.69, 9.17) is 11.6 Å². The molecular formula is C43H28FN4OPt-3. The zero-order chi connectivity index (χ0) is 37.2. The average molecular weight is 836 g/mol. The molecule has 0 spiro atoms. The van der Waals surface area contributed by atoms with Crippen molar-refractivity contribution in [2.45, 2.75) is 6.92 Å². The largest absolute Gasteiger partial charge is 0.509 e. The minimum atomic E-state index is -0.489. The van der Waals surface area contributed by atoms with Gasteiger partial charge in [-0.25, -0.2) is 9.37 Å². The molecule has 5 nitrogen and oxygen atoms in total. The summed E-state index contributed by atoms with van der Waals surface area (Å²) in [5.41, 5.74) is 5.27. The molecule has 246 valence electrons. The fourth-order valence-corrected chi connectivity index (χ4v) is 6.33. The van der Waals surface area contributed by atoms with Crippen LogP contribution < -0.4 is 14.5 Å². The summed E-state index contributed by atoms with van der Waals surface area (Å²) in [5, 5.41) is 1.98. The number of benzene rings is 6. The molecule has 2 aromatic heterocycles. The number of fused-ring (bicyclic) bond motifs is 4. The van der Waals surface area contributed by atoms with E-state index < -0.39 is 23.9 Å². The van der Waals surface area contributed by atoms with Crippen LogP contribution in [0.4, 0.5) is 27.1 Å². The Kier molecular flexibility index (Phi) is 6.79. The monoisotopic (exact) mass is 835 g/mol. The number of hydrogen-bond donors (Lipinski definition) is 0. The topological polar surface area (TPSA) is 33.5 Å². The minimum absolute atomic E-state index is 0. The van der Waals surface area contributed by atoms with Gasteiger partial charge in [-0.2, -0.15) is 6.07 Å². The predicted octanol–water partition coefficient (Wildman–Crippen LogP) is 11.1. The van der Waals surface area contributed by atoms with E-state index in [2.05, 4.69) is 23.2 Å². The van der Waals surface area contributed by atoms with Gasteiger partial charge in [0.05, 0.1) is 6.85 Å². The van der Waals surface area contributed by atoms with Crippen molar-refractivity contribution in [2.24, 2.45) is 0 Å². The number of halogens is 1. The van der Waals surface area contributed by atoms with Gasteiger partial charge in [-0.15, -0.1) is 53.6 Å². The third-order valence-electron chi connectivity index (χ3n) is 8.53. The van der Waals surface area contributed by atoms with E-state index in [1.54, 1.807) is 48.1 Å². The molecule has 3 heterocycles. The van der Waals surface area contributed by atoms with Crippen LogP contribution in [0.3, 0.4) is 0 Å². The first-order chi connectivity index (χ1) is 26.2. The molecule has 7 heteroatoms. The van der Waals surface area contributed by atoms with Crippen molar-refractivity contribution in [1.82, 2.24) is 9.55 Å². The number of anilines is 4. The molecule has 0 atom stereocenters. The summed E-state index contributed by atoms with van der Waals surface area (Å²) in [6, 6.07) is 37.7. The van der Waals surface area contributed by atoms with Crippen molar-refractivity contribution in [2.75, 3.05) is 9.80 Å². The molecule has 0 N–H and O–H groups in total. The van der Waals surface area contributed by atoms with Crippen LogP contribution in [-0.2, 0) is 21.1 Å². The van der Waals surface area contributed by atoms with Crippen LogP contribution in [0.15, 0.2) is 146 Å². The number of ether oxygens (including phenoxy) is 1. The molecule has 8 aromatic rings. The predicted molar refractivity (Wildman–Crippen MR) is 194 cm³/mol. The summed E-state index contributed by atoms with van der Waals surface area (Å²) in [4.78, 5) is 8.20. The maximum Gasteiger partial charge on any atom is 0.144 e. The second kappa shape index (κ2) is 13.0. The Hall–Kier alpha value is -5.71. The van der Waals surface area contributed by atoms with Gasteiger partial charge < -0.3 is 19.1 Å². The fraction of sp³-hybridized carbons (Fsp3) is 0.0233. The van der Waals surface area contributed by atoms with Crippen molar-refractivity contribution in [3.05, 3.63) is 176 Å². The number of pyridine rings is 1. The third kappa shape index (κ3) is 5.52. The van der Waals surface area contributed by atoms with Gasteiger partial charge in [0.15, 0.2) is 0 Å². The summed E-state index contributed by atoms with van der Waals surface area (Å²) >= 11 is 0. The second-order valence-corrected chi connectivity index (χ2v) is 11.6. The molecule has 0 saturated carbocycles. The number of hydrogen-bond acceptors (Lipinski definition) is 4. The number of nitrogens with zero attached hydrogens (tertiary/aromatic N) is 4. The zero-order valence-corrected chi connectivity index (χ0v) is 28.7. The van der Waals surface area contributed by atoms with Crippen molar-refractivity contribution in [3.8, 4) is 28.4 Å². The van der Waals surface area contributed by atoms with E-state index in [9.17, 15) is 0 Å². The molecule has 0 bridgehead atoms. The molecule has 50 heavy (non-hydrogen) atoms. The van der Waals surface area contributed by atoms with E-state index in [1.807, 2.05) is 83.1 Å². The Labute approximate surface area is 311 Å². The van der Waals surface area contributed by atoms with Gasteiger partial charge in [0.2, 0.25) is 0 Å². The quantitative estimate of drug-likeness (QED) is 0.156. The van der Waals surface area contributed by atoms with Crippen molar-refractivity contribution >= 4 is 44.6 Å². The molecule has 0 amide bonds. The minimum Gasteiger partial charge on any atom is -0.509 e. The Balaban J connectivity index is 0.00000427. The van der Waals surface area contributed by atoms with E-state index >= 15 is 4.39 Å². The van der Waals surface area contributed by atoms with Crippen molar-refractivity contribution in [1.29, 1.82) is 0 Å². The van der Waals surface area contributed by atoms with Gasteiger partial charge in [-0.05, 0) is 65.9 Å². The van der Waals surface area contributed by atoms with Crippen LogP contribution >= 0.6 is 0 Å². The molecule has 6 aromatic carbocycles. The maximum atomic E-state index is 15.2. The smallest absolute Gasteiger partial charge is 0.144 e. The molecule has 0 radical (unpaired) electrons. The summed E-state index contributed by atoms with van der Waals surface area (Å²) < 4.78 is 66.3. The van der Waals surface area contributed by atoms with Crippen LogP contribution in [0.1, 0.15) is 12.4 Å². The molecular weight excluding hydrogens is 803 g/mol. The first kappa shape index (κ1) is 26.2. The molecule has 1 aliphatic heterocycles. The van der Waals surface area contributed by atoms with Crippen LogP contribution in [0.25, 0.3) is 38.8 Å². The Morgan fingerprint density at radius 3 is 2.26 bits per heavy atom. The normalized spacial score (nSPS) is 13.7. The molecule has 0 aliphatic carbocycles. The Bertz CT molecular complexity index is 2780. The summed E-state index contributed by atoms with van der Waals surface area (Å²) in [6.07, 6.45) is 1.77. The molecule has 0 saturated heterocycles. The number of aromatic nitrogens is 2. The number of aryl methyl sites for hydroxylation is 1. The van der Waals surface area contributed by atoms with E-state index in [1.165, 1.54) is 6.07 Å². The fourth-order valence-electron chi connectivity index (χ4n) is 6.33. The third-order valence-corrected chi connectivity index (χ3v) is 8.53. The zero-order valence-electron chi connectivity index (χ0n) is 31.4. The van der Waals surface area contributed by atoms with Crippen LogP contribution in [0.5, 0.6) is 11.5 Å². The summed E-state index contributed by atoms with van der Waals surface area (Å²) in [6.45, 7) is 3.74. The Morgan fingerprint density at radius 1 is 0.720 bits per heavy atom. The van der Waals surface area contributed by atoms with Crippen LogP contribution in [0.2, 0.25) is 0 Å². The van der Waals surface area contributed by atoms with E-state index in [-0.39, 0.29) is 44.5 Å². The molecule has 9 rings (SSSR count). The van der Waals surface area contributed by atoms with E-state index in [0.717, 1.165) is 33.2 Å². The van der Waals surface area contributed by atoms with Crippen LogP contribution in [0, 0.1) is 31.5 Å². The molecule has 0 unspecified atom stereocenters. The van der Waals surface area contributed by atoms with Gasteiger partial charge in [0, 0.05) is 61.3 Å². The van der Waals surface area contributed by atoms with Gasteiger partial charge in [0.25, 0.3) is 0 Å². The number of rotatable bonds is 6. The number of para-hydroxylation sites is 4. The van der Waals surface area contributed by atoms with Gasteiger partial charge in [-0.3, -0.25) is 0 Å². The summed E-state index contributed by atoms with van der Waals surface area (Å²) in [5.74, 6) is 0.889. The van der Waals surface area contributed by atoms with Crippen molar-refractivity contribution in [3.63, 3.8) is 0 Å². The molecule has 1 aliphatic rings. The van der Waals surface area contributed by atoms with Crippen molar-refractivity contribution < 1.29 is 37.0 Å². The molecule has 0 fully saturated rings. The maximum absolute atomic E-state index is 15.2. The SMILES string of the molecule is [2H]c1c([2H])c([2H])c(-c2cc(Oc3[c-]c4c(cc3)c3ccccc3n4-c3cc(C)ccn3)[c-]c(N3[CH-]N(c4ccccc4F)c4ccccc43)c2)c([2H])c1[2H].[Pt]. The summed E-state index contributed by atoms with van der Waals surface area (Å²) in [7, 11) is 0. The standard InChI is InChI=1S/C43H28FN4O.Pt/c1-29-21-22-45-43(23-29)48-38-15-7-5-13-35(38)36-20-19-33(27-42(36)48)49-34-25-31(30-11-3-2-4-12-30)24-32(26-34)46-28-47(39-16-8-6-14-37(39)44)41-18-10-9-17-40(41)46;/h2-25,28H,1H3;/q-3;/i2D,3D,4D,11D,12D;. The van der Waals surface area contributed by atoms with Gasteiger partial charge >= 0.3 is 0 Å².